The number of hydrogen-bond acceptors (Lipinski definition) is 7. The minimum atomic E-state index is -2.14. The summed E-state index contributed by atoms with van der Waals surface area (Å²) in [5, 5.41) is 22.0. The van der Waals surface area contributed by atoms with E-state index >= 15 is 0 Å². The van der Waals surface area contributed by atoms with Gasteiger partial charge in [-0.2, -0.15) is 0 Å². The molecule has 1 aliphatic heterocycles. The first-order chi connectivity index (χ1) is 20.1. The fourth-order valence-corrected chi connectivity index (χ4v) is 9.74. The summed E-state index contributed by atoms with van der Waals surface area (Å²) in [6.07, 6.45) is 0.262. The first-order valence-electron chi connectivity index (χ1n) is 16.2. The van der Waals surface area contributed by atoms with Crippen LogP contribution in [0, 0.1) is 17.8 Å². The molecule has 2 rings (SSSR count). The van der Waals surface area contributed by atoms with Crippen LogP contribution < -0.4 is 4.74 Å². The van der Waals surface area contributed by atoms with Crippen LogP contribution in [0.5, 0.6) is 5.75 Å². The maximum absolute atomic E-state index is 11.8. The van der Waals surface area contributed by atoms with Gasteiger partial charge >= 0.3 is 0 Å². The highest BCUT2D eigenvalue weighted by Gasteiger charge is 2.64. The topological polar surface area (TPSA) is 89.9 Å². The van der Waals surface area contributed by atoms with Crippen LogP contribution in [0.2, 0.25) is 36.3 Å². The van der Waals surface area contributed by atoms with E-state index in [1.165, 1.54) is 0 Å². The summed E-state index contributed by atoms with van der Waals surface area (Å²) < 4.78 is 32.0. The molecule has 1 saturated heterocycles. The predicted molar refractivity (Wildman–Crippen MR) is 181 cm³/mol. The van der Waals surface area contributed by atoms with Gasteiger partial charge in [0.1, 0.15) is 11.4 Å². The number of aliphatic hydroxyl groups excluding tert-OH is 2. The molecule has 0 saturated carbocycles. The fraction of sp³-hybridized carbons (Fsp3) is 0.765. The lowest BCUT2D eigenvalue weighted by Crippen LogP contribution is -2.55. The summed E-state index contributed by atoms with van der Waals surface area (Å²) in [6.45, 7) is 27.2. The van der Waals surface area contributed by atoms with Crippen molar-refractivity contribution in [2.75, 3.05) is 26.9 Å². The van der Waals surface area contributed by atoms with Gasteiger partial charge in [0.15, 0.2) is 16.6 Å². The van der Waals surface area contributed by atoms with Gasteiger partial charge in [0.2, 0.25) is 0 Å². The Labute approximate surface area is 264 Å². The summed E-state index contributed by atoms with van der Waals surface area (Å²) in [7, 11) is -2.61. The third kappa shape index (κ3) is 9.48. The molecular formula is C34H62O7Si2. The molecule has 7 nitrogen and oxygen atoms in total. The lowest BCUT2D eigenvalue weighted by molar-refractivity contribution is -0.0591. The minimum absolute atomic E-state index is 0.0146. The summed E-state index contributed by atoms with van der Waals surface area (Å²) in [4.78, 5) is 0. The highest BCUT2D eigenvalue weighted by Crippen LogP contribution is 2.50. The van der Waals surface area contributed by atoms with Crippen LogP contribution in [0.4, 0.5) is 0 Å². The molecule has 1 aromatic rings. The number of methoxy groups -OCH3 is 1. The second-order valence-corrected chi connectivity index (χ2v) is 23.7. The van der Waals surface area contributed by atoms with Crippen LogP contribution in [0.25, 0.3) is 0 Å². The second-order valence-electron chi connectivity index (χ2n) is 14.2. The lowest BCUT2D eigenvalue weighted by atomic mass is 9.80. The van der Waals surface area contributed by atoms with Gasteiger partial charge < -0.3 is 33.3 Å². The first-order valence-corrected chi connectivity index (χ1v) is 21.6. The Balaban J connectivity index is 2.37. The average Bonchev–Trinajstić information content (AvgIpc) is 3.67. The van der Waals surface area contributed by atoms with Gasteiger partial charge in [-0.05, 0) is 60.9 Å². The number of aliphatic hydroxyl groups is 2. The van der Waals surface area contributed by atoms with Crippen LogP contribution in [0.1, 0.15) is 61.0 Å². The van der Waals surface area contributed by atoms with Crippen molar-refractivity contribution >= 4 is 16.6 Å². The van der Waals surface area contributed by atoms with Gasteiger partial charge in [-0.25, -0.2) is 0 Å². The van der Waals surface area contributed by atoms with Crippen molar-refractivity contribution in [3.8, 4) is 5.75 Å². The molecule has 1 aromatic carbocycles. The van der Waals surface area contributed by atoms with Gasteiger partial charge in [0.25, 0.3) is 0 Å². The third-order valence-corrected chi connectivity index (χ3v) is 19.4. The molecule has 0 aliphatic carbocycles. The zero-order valence-corrected chi connectivity index (χ0v) is 30.9. The Morgan fingerprint density at radius 1 is 1.07 bits per heavy atom. The molecule has 0 amide bonds. The molecule has 43 heavy (non-hydrogen) atoms. The number of hydrogen-bond donors (Lipinski definition) is 2. The minimum Gasteiger partial charge on any atom is -0.497 e. The van der Waals surface area contributed by atoms with Gasteiger partial charge in [0, 0.05) is 24.4 Å². The normalized spacial score (nSPS) is 22.9. The zero-order chi connectivity index (χ0) is 32.6. The maximum atomic E-state index is 11.8. The molecule has 0 spiro atoms. The van der Waals surface area contributed by atoms with Gasteiger partial charge in [0.05, 0.1) is 45.2 Å². The predicted octanol–water partition coefficient (Wildman–Crippen LogP) is 7.19. The Morgan fingerprint density at radius 3 is 2.12 bits per heavy atom. The van der Waals surface area contributed by atoms with Gasteiger partial charge in [-0.1, -0.05) is 66.7 Å². The molecule has 0 radical (unpaired) electrons. The third-order valence-electron chi connectivity index (χ3n) is 10.3. The summed E-state index contributed by atoms with van der Waals surface area (Å²) in [6, 6.07) is 10.9. The fourth-order valence-electron chi connectivity index (χ4n) is 5.75. The van der Waals surface area contributed by atoms with Crippen molar-refractivity contribution < 1.29 is 33.3 Å². The van der Waals surface area contributed by atoms with E-state index in [0.29, 0.717) is 19.8 Å². The van der Waals surface area contributed by atoms with Crippen molar-refractivity contribution in [3.63, 3.8) is 0 Å². The van der Waals surface area contributed by atoms with Crippen molar-refractivity contribution in [2.45, 2.75) is 122 Å². The Bertz CT molecular complexity index is 968. The monoisotopic (exact) mass is 638 g/mol. The zero-order valence-electron chi connectivity index (χ0n) is 28.9. The molecule has 0 unspecified atom stereocenters. The summed E-state index contributed by atoms with van der Waals surface area (Å²) in [5.74, 6) is 0.0436. The first kappa shape index (κ1) is 38.1. The number of rotatable bonds is 20. The SMILES string of the molecule is C=C[C@@H](CO)[C@@H](O)[C@H](CO[Si](C)(C)C(C)(C)C)[C@H](O[Si](CC)(CC)CC)[C@@]1(C)O[C@@H]1[C@@H](C)COCc1ccc(OC)cc1. The lowest BCUT2D eigenvalue weighted by Gasteiger charge is -2.44. The summed E-state index contributed by atoms with van der Waals surface area (Å²) in [5.41, 5.74) is 0.466. The molecule has 0 aromatic heterocycles. The molecule has 7 atom stereocenters. The quantitative estimate of drug-likeness (QED) is 0.0888. The number of epoxide rings is 1. The van der Waals surface area contributed by atoms with E-state index in [2.05, 4.69) is 75.1 Å². The molecule has 1 fully saturated rings. The highest BCUT2D eigenvalue weighted by molar-refractivity contribution is 6.74. The van der Waals surface area contributed by atoms with Crippen molar-refractivity contribution in [3.05, 3.63) is 42.5 Å². The van der Waals surface area contributed by atoms with E-state index in [-0.39, 0.29) is 23.7 Å². The smallest absolute Gasteiger partial charge is 0.192 e. The largest absolute Gasteiger partial charge is 0.497 e. The van der Waals surface area contributed by atoms with Crippen molar-refractivity contribution in [1.29, 1.82) is 0 Å². The van der Waals surface area contributed by atoms with Crippen LogP contribution >= 0.6 is 0 Å². The average molecular weight is 639 g/mol. The number of ether oxygens (including phenoxy) is 3. The van der Waals surface area contributed by atoms with Crippen LogP contribution in [0.15, 0.2) is 36.9 Å². The van der Waals surface area contributed by atoms with Gasteiger partial charge in [-0.3, -0.25) is 0 Å². The summed E-state index contributed by atoms with van der Waals surface area (Å²) >= 11 is 0. The molecular weight excluding hydrogens is 577 g/mol. The highest BCUT2D eigenvalue weighted by atomic mass is 28.4. The second kappa shape index (κ2) is 16.0. The molecule has 9 heteroatoms. The van der Waals surface area contributed by atoms with Gasteiger partial charge in [-0.15, -0.1) is 6.58 Å². The van der Waals surface area contributed by atoms with E-state index in [0.717, 1.165) is 29.4 Å². The Hall–Kier alpha value is -1.05. The number of benzene rings is 1. The van der Waals surface area contributed by atoms with E-state index < -0.39 is 46.3 Å². The van der Waals surface area contributed by atoms with E-state index in [9.17, 15) is 10.2 Å². The molecule has 248 valence electrons. The molecule has 2 N–H and O–H groups in total. The van der Waals surface area contributed by atoms with Crippen molar-refractivity contribution in [1.82, 2.24) is 0 Å². The van der Waals surface area contributed by atoms with E-state index in [1.54, 1.807) is 13.2 Å². The maximum Gasteiger partial charge on any atom is 0.192 e. The van der Waals surface area contributed by atoms with Crippen molar-refractivity contribution in [2.24, 2.45) is 17.8 Å². The molecule has 1 heterocycles. The Kier molecular flexibility index (Phi) is 14.2. The molecule has 0 bridgehead atoms. The Morgan fingerprint density at radius 2 is 1.65 bits per heavy atom. The van der Waals surface area contributed by atoms with Crippen LogP contribution in [-0.4, -0.2) is 77.7 Å². The molecule has 1 aliphatic rings. The van der Waals surface area contributed by atoms with E-state index in [1.807, 2.05) is 24.3 Å². The van der Waals surface area contributed by atoms with Crippen LogP contribution in [-0.2, 0) is 24.9 Å². The standard InChI is InChI=1S/C34H62O7Si2/c1-13-27(21-35)30(36)29(24-39-42(11,12)33(6,7)8)32(41-43(14-2,15-3)16-4)34(9)31(40-34)25(5)22-38-23-26-17-19-28(37-10)20-18-26/h13,17-20,25,27,29-32,35-36H,1,14-16,21-24H2,2-12H3/t25-,27-,29-,30+,31+,32-,34-/m0/s1. The van der Waals surface area contributed by atoms with Crippen LogP contribution in [0.3, 0.4) is 0 Å². The van der Waals surface area contributed by atoms with E-state index in [4.69, 9.17) is 23.1 Å².